The summed E-state index contributed by atoms with van der Waals surface area (Å²) in [7, 11) is 0. The van der Waals surface area contributed by atoms with Gasteiger partial charge in [-0.05, 0) is 48.7 Å². The molecule has 2 aromatic rings. The van der Waals surface area contributed by atoms with E-state index in [1.165, 1.54) is 5.01 Å². The third-order valence-corrected chi connectivity index (χ3v) is 4.03. The Labute approximate surface area is 147 Å². The number of nitrogens with one attached hydrogen (secondary N) is 2. The molecule has 1 atom stereocenters. The Morgan fingerprint density at radius 3 is 2.36 bits per heavy atom. The summed E-state index contributed by atoms with van der Waals surface area (Å²) < 4.78 is 0. The number of benzene rings is 2. The molecule has 0 aromatic heterocycles. The summed E-state index contributed by atoms with van der Waals surface area (Å²) in [6.07, 6.45) is 3.90. The van der Waals surface area contributed by atoms with E-state index in [4.69, 9.17) is 0 Å². The predicted molar refractivity (Wildman–Crippen MR) is 100 cm³/mol. The van der Waals surface area contributed by atoms with E-state index in [-0.39, 0.29) is 5.78 Å². The van der Waals surface area contributed by atoms with E-state index in [1.54, 1.807) is 6.08 Å². The average molecular weight is 335 g/mol. The van der Waals surface area contributed by atoms with Crippen LogP contribution in [0, 0.1) is 5.92 Å². The van der Waals surface area contributed by atoms with Gasteiger partial charge >= 0.3 is 0 Å². The molecular formula is C20H21N3O2. The smallest absolute Gasteiger partial charge is 0.232 e. The summed E-state index contributed by atoms with van der Waals surface area (Å²) in [5, 5.41) is 4.71. The van der Waals surface area contributed by atoms with Crippen molar-refractivity contribution in [2.24, 2.45) is 5.92 Å². The molecule has 5 nitrogen and oxygen atoms in total. The molecule has 0 saturated carbocycles. The molecule has 1 unspecified atom stereocenters. The second-order valence-electron chi connectivity index (χ2n) is 6.27. The van der Waals surface area contributed by atoms with Crippen molar-refractivity contribution < 1.29 is 9.59 Å². The molecule has 0 radical (unpaired) electrons. The number of carbonyl (C=O) groups is 2. The van der Waals surface area contributed by atoms with Crippen molar-refractivity contribution in [1.29, 1.82) is 0 Å². The number of carbonyl (C=O) groups excluding carboxylic acids is 2. The first kappa shape index (κ1) is 16.8. The largest absolute Gasteiger partial charge is 0.359 e. The van der Waals surface area contributed by atoms with Crippen LogP contribution >= 0.6 is 0 Å². The van der Waals surface area contributed by atoms with E-state index in [1.807, 2.05) is 54.6 Å². The van der Waals surface area contributed by atoms with Gasteiger partial charge in [0.05, 0.1) is 11.4 Å². The predicted octanol–water partition coefficient (Wildman–Crippen LogP) is 3.97. The van der Waals surface area contributed by atoms with Crippen LogP contribution < -0.4 is 15.8 Å². The molecule has 0 aliphatic heterocycles. The van der Waals surface area contributed by atoms with E-state index < -0.39 is 0 Å². The number of rotatable bonds is 6. The fourth-order valence-electron chi connectivity index (χ4n) is 2.88. The van der Waals surface area contributed by atoms with Gasteiger partial charge in [0, 0.05) is 23.9 Å². The molecule has 2 aromatic carbocycles. The fraction of sp³-hybridized carbons (Fsp3) is 0.200. The van der Waals surface area contributed by atoms with Crippen molar-refractivity contribution in [3.05, 3.63) is 66.4 Å². The van der Waals surface area contributed by atoms with Gasteiger partial charge in [0.15, 0.2) is 5.78 Å². The summed E-state index contributed by atoms with van der Waals surface area (Å²) in [4.78, 5) is 23.0. The number of para-hydroxylation sites is 1. The highest BCUT2D eigenvalue weighted by Gasteiger charge is 2.16. The van der Waals surface area contributed by atoms with E-state index in [2.05, 4.69) is 17.7 Å². The van der Waals surface area contributed by atoms with E-state index in [9.17, 15) is 9.59 Å². The number of amides is 1. The quantitative estimate of drug-likeness (QED) is 0.619. The van der Waals surface area contributed by atoms with E-state index in [0.717, 1.165) is 35.6 Å². The average Bonchev–Trinajstić information content (AvgIpc) is 2.60. The first-order chi connectivity index (χ1) is 12.1. The highest BCUT2D eigenvalue weighted by molar-refractivity contribution is 5.92. The maximum Gasteiger partial charge on any atom is 0.232 e. The van der Waals surface area contributed by atoms with Crippen molar-refractivity contribution in [1.82, 2.24) is 0 Å². The number of anilines is 3. The Morgan fingerprint density at radius 2 is 1.72 bits per heavy atom. The van der Waals surface area contributed by atoms with Crippen LogP contribution in [0.5, 0.6) is 0 Å². The number of hydrogen-bond donors (Lipinski definition) is 2. The second-order valence-corrected chi connectivity index (χ2v) is 6.27. The molecule has 0 bridgehead atoms. The van der Waals surface area contributed by atoms with E-state index >= 15 is 0 Å². The summed E-state index contributed by atoms with van der Waals surface area (Å²) >= 11 is 0. The van der Waals surface area contributed by atoms with Gasteiger partial charge in [-0.1, -0.05) is 25.1 Å². The van der Waals surface area contributed by atoms with Crippen molar-refractivity contribution >= 4 is 29.3 Å². The summed E-state index contributed by atoms with van der Waals surface area (Å²) in [5.41, 5.74) is 6.43. The Hall–Kier alpha value is -3.08. The summed E-state index contributed by atoms with van der Waals surface area (Å²) in [5.74, 6) is 0.525. The fourth-order valence-corrected chi connectivity index (χ4v) is 2.88. The third kappa shape index (κ3) is 4.47. The van der Waals surface area contributed by atoms with Crippen LogP contribution in [-0.4, -0.2) is 12.2 Å². The van der Waals surface area contributed by atoms with Crippen LogP contribution in [-0.2, 0) is 9.59 Å². The van der Waals surface area contributed by atoms with Crippen LogP contribution in [0.15, 0.2) is 66.4 Å². The summed E-state index contributed by atoms with van der Waals surface area (Å²) in [6, 6.07) is 17.0. The van der Waals surface area contributed by atoms with Crippen LogP contribution in [0.4, 0.5) is 17.1 Å². The molecule has 1 amide bonds. The lowest BCUT2D eigenvalue weighted by molar-refractivity contribution is -0.115. The van der Waals surface area contributed by atoms with Crippen molar-refractivity contribution in [3.8, 4) is 0 Å². The van der Waals surface area contributed by atoms with Crippen molar-refractivity contribution in [3.63, 3.8) is 0 Å². The van der Waals surface area contributed by atoms with Gasteiger partial charge in [-0.2, -0.15) is 0 Å². The lowest BCUT2D eigenvalue weighted by Gasteiger charge is -2.21. The maximum absolute atomic E-state index is 11.7. The molecule has 1 aliphatic rings. The molecule has 0 spiro atoms. The van der Waals surface area contributed by atoms with Crippen LogP contribution in [0.1, 0.15) is 19.8 Å². The molecule has 5 heteroatoms. The van der Waals surface area contributed by atoms with Gasteiger partial charge in [0.25, 0.3) is 0 Å². The molecule has 0 heterocycles. The monoisotopic (exact) mass is 335 g/mol. The Balaban J connectivity index is 1.68. The van der Waals surface area contributed by atoms with Crippen LogP contribution in [0.3, 0.4) is 0 Å². The first-order valence-corrected chi connectivity index (χ1v) is 8.31. The molecule has 0 saturated heterocycles. The van der Waals surface area contributed by atoms with Gasteiger partial charge < -0.3 is 5.32 Å². The standard InChI is InChI=1S/C20H21N3O2/c1-15-11-18(13-20(25)12-15)21-16-7-9-19(10-8-16)23(14-24)22-17-5-3-2-4-6-17/h2-10,13-15,21-22H,11-12H2,1H3. The van der Waals surface area contributed by atoms with Gasteiger partial charge in [-0.25, -0.2) is 5.01 Å². The maximum atomic E-state index is 11.7. The highest BCUT2D eigenvalue weighted by atomic mass is 16.1. The minimum Gasteiger partial charge on any atom is -0.359 e. The lowest BCUT2D eigenvalue weighted by atomic mass is 9.93. The molecule has 1 aliphatic carbocycles. The zero-order valence-corrected chi connectivity index (χ0v) is 14.1. The van der Waals surface area contributed by atoms with Crippen LogP contribution in [0.25, 0.3) is 0 Å². The zero-order chi connectivity index (χ0) is 17.6. The summed E-state index contributed by atoms with van der Waals surface area (Å²) in [6.45, 7) is 2.08. The Kier molecular flexibility index (Phi) is 5.14. The van der Waals surface area contributed by atoms with Gasteiger partial charge in [0.2, 0.25) is 6.41 Å². The normalized spacial score (nSPS) is 16.8. The van der Waals surface area contributed by atoms with Crippen molar-refractivity contribution in [2.75, 3.05) is 15.8 Å². The number of hydrazine groups is 1. The third-order valence-electron chi connectivity index (χ3n) is 4.03. The number of ketones is 1. The van der Waals surface area contributed by atoms with Gasteiger partial charge in [0.1, 0.15) is 0 Å². The molecule has 0 fully saturated rings. The zero-order valence-electron chi connectivity index (χ0n) is 14.1. The van der Waals surface area contributed by atoms with Gasteiger partial charge in [-0.3, -0.25) is 15.0 Å². The molecular weight excluding hydrogens is 314 g/mol. The molecule has 2 N–H and O–H groups in total. The molecule has 3 rings (SSSR count). The van der Waals surface area contributed by atoms with Crippen molar-refractivity contribution in [2.45, 2.75) is 19.8 Å². The van der Waals surface area contributed by atoms with Gasteiger partial charge in [-0.15, -0.1) is 0 Å². The minimum atomic E-state index is 0.164. The Morgan fingerprint density at radius 1 is 1.00 bits per heavy atom. The number of nitrogens with zero attached hydrogens (tertiary/aromatic N) is 1. The molecule has 128 valence electrons. The molecule has 25 heavy (non-hydrogen) atoms. The highest BCUT2D eigenvalue weighted by Crippen LogP contribution is 2.24. The first-order valence-electron chi connectivity index (χ1n) is 8.31. The lowest BCUT2D eigenvalue weighted by Crippen LogP contribution is -2.27. The number of hydrogen-bond acceptors (Lipinski definition) is 4. The SMILES string of the molecule is CC1CC(=O)C=C(Nc2ccc(N(C=O)Nc3ccccc3)cc2)C1. The Bertz CT molecular complexity index is 769. The minimum absolute atomic E-state index is 0.164. The number of allylic oxidation sites excluding steroid dienone is 2. The van der Waals surface area contributed by atoms with Crippen LogP contribution in [0.2, 0.25) is 0 Å². The second kappa shape index (κ2) is 7.66. The van der Waals surface area contributed by atoms with E-state index in [0.29, 0.717) is 12.3 Å². The topological polar surface area (TPSA) is 61.4 Å².